The highest BCUT2D eigenvalue weighted by atomic mass is 16.5. The molecule has 0 unspecified atom stereocenters. The van der Waals surface area contributed by atoms with Gasteiger partial charge < -0.3 is 24.7 Å². The van der Waals surface area contributed by atoms with Crippen LogP contribution in [0.15, 0.2) is 46.6 Å². The summed E-state index contributed by atoms with van der Waals surface area (Å²) in [4.78, 5) is 49.6. The molecular formula is C30H37NO8. The number of nitrogens with one attached hydrogen (secondary N) is 1. The fourth-order valence-corrected chi connectivity index (χ4v) is 8.03. The SMILES string of the molecule is C[C@]12C=CC(=O)C=C1CC[C@H]1[C@H]2[C@H](O)C[C@@]2(C)[C@@H]1CC[C@@]2(O)C(=O)COC(=O)CCC(=O)NCc1ccco1. The van der Waals surface area contributed by atoms with Crippen molar-refractivity contribution in [3.05, 3.63) is 48.0 Å². The third kappa shape index (κ3) is 4.69. The topological polar surface area (TPSA) is 143 Å². The number of carbonyl (C=O) groups is 4. The second-order valence-electron chi connectivity index (χ2n) is 12.1. The Morgan fingerprint density at radius 3 is 2.74 bits per heavy atom. The number of carbonyl (C=O) groups excluding carboxylic acids is 4. The summed E-state index contributed by atoms with van der Waals surface area (Å²) in [6, 6.07) is 3.44. The fourth-order valence-electron chi connectivity index (χ4n) is 8.03. The zero-order chi connectivity index (χ0) is 28.0. The third-order valence-corrected chi connectivity index (χ3v) is 10.1. The zero-order valence-corrected chi connectivity index (χ0v) is 22.5. The molecular weight excluding hydrogens is 502 g/mol. The van der Waals surface area contributed by atoms with Crippen molar-refractivity contribution in [2.24, 2.45) is 28.6 Å². The molecule has 0 saturated heterocycles. The number of amides is 1. The molecule has 4 aliphatic carbocycles. The van der Waals surface area contributed by atoms with Gasteiger partial charge in [-0.3, -0.25) is 19.2 Å². The molecule has 0 bridgehead atoms. The minimum Gasteiger partial charge on any atom is -0.467 e. The molecule has 1 amide bonds. The summed E-state index contributed by atoms with van der Waals surface area (Å²) in [7, 11) is 0. The summed E-state index contributed by atoms with van der Waals surface area (Å²) in [5, 5.41) is 25.8. The Hall–Kier alpha value is -3.04. The molecule has 3 fully saturated rings. The van der Waals surface area contributed by atoms with Gasteiger partial charge in [0.25, 0.3) is 0 Å². The van der Waals surface area contributed by atoms with Crippen molar-refractivity contribution >= 4 is 23.4 Å². The van der Waals surface area contributed by atoms with Crippen molar-refractivity contribution in [2.45, 2.75) is 77.0 Å². The largest absolute Gasteiger partial charge is 0.467 e. The average Bonchev–Trinajstić information content (AvgIpc) is 3.51. The van der Waals surface area contributed by atoms with Crippen LogP contribution < -0.4 is 5.32 Å². The van der Waals surface area contributed by atoms with Gasteiger partial charge in [-0.25, -0.2) is 0 Å². The number of aliphatic hydroxyl groups is 2. The van der Waals surface area contributed by atoms with Crippen LogP contribution in [0.2, 0.25) is 0 Å². The lowest BCUT2D eigenvalue weighted by molar-refractivity contribution is -0.181. The first-order valence-electron chi connectivity index (χ1n) is 13.8. The Morgan fingerprint density at radius 2 is 2.00 bits per heavy atom. The number of rotatable bonds is 8. The second kappa shape index (κ2) is 10.2. The molecule has 3 saturated carbocycles. The summed E-state index contributed by atoms with van der Waals surface area (Å²) in [5.74, 6) is -1.05. The minimum absolute atomic E-state index is 0.0119. The normalized spacial score (nSPS) is 36.8. The Balaban J connectivity index is 1.19. The van der Waals surface area contributed by atoms with Gasteiger partial charge in [-0.05, 0) is 68.2 Å². The Bertz CT molecular complexity index is 1220. The first-order valence-corrected chi connectivity index (χ1v) is 13.8. The van der Waals surface area contributed by atoms with Gasteiger partial charge in [0.2, 0.25) is 11.7 Å². The molecule has 0 aromatic carbocycles. The lowest BCUT2D eigenvalue weighted by Gasteiger charge is -2.59. The number of furan rings is 1. The van der Waals surface area contributed by atoms with E-state index in [0.717, 1.165) is 18.4 Å². The van der Waals surface area contributed by atoms with Crippen LogP contribution in [0.3, 0.4) is 0 Å². The minimum atomic E-state index is -1.72. The van der Waals surface area contributed by atoms with E-state index in [1.165, 1.54) is 6.26 Å². The Kier molecular flexibility index (Phi) is 7.18. The van der Waals surface area contributed by atoms with E-state index in [4.69, 9.17) is 9.15 Å². The van der Waals surface area contributed by atoms with Crippen molar-refractivity contribution in [3.8, 4) is 0 Å². The third-order valence-electron chi connectivity index (χ3n) is 10.1. The summed E-state index contributed by atoms with van der Waals surface area (Å²) < 4.78 is 10.3. The number of aliphatic hydroxyl groups excluding tert-OH is 1. The summed E-state index contributed by atoms with van der Waals surface area (Å²) in [6.45, 7) is 3.59. The van der Waals surface area contributed by atoms with Crippen LogP contribution in [0, 0.1) is 28.6 Å². The predicted molar refractivity (Wildman–Crippen MR) is 139 cm³/mol. The van der Waals surface area contributed by atoms with E-state index in [0.29, 0.717) is 12.2 Å². The van der Waals surface area contributed by atoms with Crippen LogP contribution in [-0.2, 0) is 30.5 Å². The van der Waals surface area contributed by atoms with E-state index in [2.05, 4.69) is 12.2 Å². The average molecular weight is 540 g/mol. The van der Waals surface area contributed by atoms with Gasteiger partial charge in [-0.2, -0.15) is 0 Å². The molecule has 0 aliphatic heterocycles. The van der Waals surface area contributed by atoms with Gasteiger partial charge in [-0.1, -0.05) is 25.5 Å². The molecule has 1 aromatic rings. The highest BCUT2D eigenvalue weighted by molar-refractivity contribution is 6.01. The van der Waals surface area contributed by atoms with Crippen LogP contribution in [0.4, 0.5) is 0 Å². The smallest absolute Gasteiger partial charge is 0.306 e. The lowest BCUT2D eigenvalue weighted by Crippen LogP contribution is -2.61. The van der Waals surface area contributed by atoms with E-state index in [1.54, 1.807) is 24.3 Å². The molecule has 0 spiro atoms. The maximum absolute atomic E-state index is 13.3. The number of allylic oxidation sites excluding steroid dienone is 4. The van der Waals surface area contributed by atoms with Gasteiger partial charge in [0.05, 0.1) is 25.3 Å². The number of fused-ring (bicyclic) bond motifs is 5. The molecule has 1 heterocycles. The van der Waals surface area contributed by atoms with Gasteiger partial charge >= 0.3 is 5.97 Å². The van der Waals surface area contributed by atoms with Gasteiger partial charge in [0.15, 0.2) is 12.4 Å². The molecule has 0 radical (unpaired) electrons. The fraction of sp³-hybridized carbons (Fsp3) is 0.600. The van der Waals surface area contributed by atoms with E-state index in [1.807, 2.05) is 13.0 Å². The van der Waals surface area contributed by atoms with E-state index in [-0.39, 0.29) is 61.7 Å². The second-order valence-corrected chi connectivity index (χ2v) is 12.1. The lowest BCUT2D eigenvalue weighted by atomic mass is 9.46. The van der Waals surface area contributed by atoms with E-state index >= 15 is 0 Å². The van der Waals surface area contributed by atoms with E-state index in [9.17, 15) is 29.4 Å². The maximum Gasteiger partial charge on any atom is 0.306 e. The first-order chi connectivity index (χ1) is 18.5. The van der Waals surface area contributed by atoms with Crippen molar-refractivity contribution < 1.29 is 38.5 Å². The standard InChI is InChI=1S/C30H37NO8/c1-28-11-9-19(32)14-18(28)5-6-21-22-10-12-30(37,29(22,2)15-23(33)27(21)28)24(34)17-39-26(36)8-7-25(35)31-16-20-4-3-13-38-20/h3-4,9,11,13-14,21-23,27,33,37H,5-8,10,12,15-17H2,1-2H3,(H,31,35)/t21-,22-,23-,27+,28+,29+,30-/m1/s1. The number of ether oxygens (including phenoxy) is 1. The molecule has 210 valence electrons. The van der Waals surface area contributed by atoms with Crippen LogP contribution in [0.5, 0.6) is 0 Å². The van der Waals surface area contributed by atoms with Crippen molar-refractivity contribution in [1.82, 2.24) is 5.32 Å². The number of hydrogen-bond donors (Lipinski definition) is 3. The molecule has 9 nitrogen and oxygen atoms in total. The first kappa shape index (κ1) is 27.5. The summed E-state index contributed by atoms with van der Waals surface area (Å²) in [6.07, 6.45) is 8.30. The van der Waals surface area contributed by atoms with Crippen LogP contribution in [-0.4, -0.2) is 52.0 Å². The zero-order valence-electron chi connectivity index (χ0n) is 22.5. The highest BCUT2D eigenvalue weighted by Gasteiger charge is 2.68. The van der Waals surface area contributed by atoms with Crippen molar-refractivity contribution in [2.75, 3.05) is 6.61 Å². The van der Waals surface area contributed by atoms with E-state index < -0.39 is 40.9 Å². The Labute approximate surface area is 227 Å². The molecule has 4 aliphatic rings. The maximum atomic E-state index is 13.3. The van der Waals surface area contributed by atoms with Crippen LogP contribution in [0.25, 0.3) is 0 Å². The van der Waals surface area contributed by atoms with Gasteiger partial charge in [0.1, 0.15) is 11.4 Å². The molecule has 5 rings (SSSR count). The number of Topliss-reactive ketones (excluding diaryl/α,β-unsaturated/α-hetero) is 1. The van der Waals surface area contributed by atoms with Gasteiger partial charge in [-0.15, -0.1) is 0 Å². The van der Waals surface area contributed by atoms with Crippen molar-refractivity contribution in [1.29, 1.82) is 0 Å². The molecule has 9 heteroatoms. The number of hydrogen-bond acceptors (Lipinski definition) is 8. The monoisotopic (exact) mass is 539 g/mol. The molecule has 3 N–H and O–H groups in total. The molecule has 1 aromatic heterocycles. The van der Waals surface area contributed by atoms with Crippen LogP contribution in [0.1, 0.15) is 64.6 Å². The summed E-state index contributed by atoms with van der Waals surface area (Å²) >= 11 is 0. The molecule has 39 heavy (non-hydrogen) atoms. The van der Waals surface area contributed by atoms with Crippen molar-refractivity contribution in [3.63, 3.8) is 0 Å². The Morgan fingerprint density at radius 1 is 1.21 bits per heavy atom. The number of ketones is 2. The van der Waals surface area contributed by atoms with Crippen LogP contribution >= 0.6 is 0 Å². The number of esters is 1. The highest BCUT2D eigenvalue weighted by Crippen LogP contribution is 2.67. The molecule has 7 atom stereocenters. The van der Waals surface area contributed by atoms with Gasteiger partial charge in [0, 0.05) is 23.2 Å². The quantitative estimate of drug-likeness (QED) is 0.428. The summed E-state index contributed by atoms with van der Waals surface area (Å²) in [5.41, 5.74) is -1.97. The predicted octanol–water partition coefficient (Wildman–Crippen LogP) is 2.80.